The Hall–Kier alpha value is -2.83. The van der Waals surface area contributed by atoms with Crippen LogP contribution < -0.4 is 11.1 Å². The van der Waals surface area contributed by atoms with Gasteiger partial charge in [0.15, 0.2) is 5.69 Å². The van der Waals surface area contributed by atoms with Gasteiger partial charge in [0.2, 0.25) is 5.91 Å². The SMILES string of the molecule is CN(C)C(=O)CNC(=O)c1ccn(-c2ccc(N)cc2)n1. The molecule has 7 heteroatoms. The fraction of sp³-hybridized carbons (Fsp3) is 0.214. The van der Waals surface area contributed by atoms with E-state index in [0.29, 0.717) is 5.69 Å². The smallest absolute Gasteiger partial charge is 0.272 e. The maximum atomic E-state index is 11.9. The van der Waals surface area contributed by atoms with E-state index in [-0.39, 0.29) is 24.1 Å². The number of benzene rings is 1. The number of aromatic nitrogens is 2. The number of nitrogens with two attached hydrogens (primary N) is 1. The molecule has 21 heavy (non-hydrogen) atoms. The lowest BCUT2D eigenvalue weighted by molar-refractivity contribution is -0.127. The number of nitrogens with one attached hydrogen (secondary N) is 1. The van der Waals surface area contributed by atoms with E-state index in [1.807, 2.05) is 0 Å². The number of nitrogens with zero attached hydrogens (tertiary/aromatic N) is 3. The zero-order valence-electron chi connectivity index (χ0n) is 11.9. The first kappa shape index (κ1) is 14.6. The Bertz CT molecular complexity index is 646. The summed E-state index contributed by atoms with van der Waals surface area (Å²) < 4.78 is 1.57. The Labute approximate surface area is 122 Å². The molecule has 0 unspecified atom stereocenters. The molecule has 110 valence electrons. The van der Waals surface area contributed by atoms with Gasteiger partial charge in [-0.25, -0.2) is 4.68 Å². The number of hydrogen-bond acceptors (Lipinski definition) is 4. The summed E-state index contributed by atoms with van der Waals surface area (Å²) in [6.07, 6.45) is 1.67. The summed E-state index contributed by atoms with van der Waals surface area (Å²) in [4.78, 5) is 24.7. The van der Waals surface area contributed by atoms with E-state index in [9.17, 15) is 9.59 Å². The fourth-order valence-corrected chi connectivity index (χ4v) is 1.62. The molecule has 2 aromatic rings. The standard InChI is InChI=1S/C14H17N5O2/c1-18(2)13(20)9-16-14(21)12-7-8-19(17-12)11-5-3-10(15)4-6-11/h3-8H,9,15H2,1-2H3,(H,16,21). The van der Waals surface area contributed by atoms with Crippen molar-refractivity contribution in [3.05, 3.63) is 42.2 Å². The van der Waals surface area contributed by atoms with Crippen LogP contribution in [0.25, 0.3) is 5.69 Å². The van der Waals surface area contributed by atoms with E-state index >= 15 is 0 Å². The van der Waals surface area contributed by atoms with Gasteiger partial charge in [-0.2, -0.15) is 5.10 Å². The Morgan fingerprint density at radius 2 is 1.90 bits per heavy atom. The number of likely N-dealkylation sites (N-methyl/N-ethyl adjacent to an activating group) is 1. The molecule has 0 aliphatic carbocycles. The van der Waals surface area contributed by atoms with Gasteiger partial charge in [-0.1, -0.05) is 0 Å². The predicted octanol–water partition coefficient (Wildman–Crippen LogP) is 0.272. The number of rotatable bonds is 4. The van der Waals surface area contributed by atoms with Crippen LogP contribution in [0.2, 0.25) is 0 Å². The Kier molecular flexibility index (Phi) is 4.22. The number of amides is 2. The molecule has 0 spiro atoms. The minimum atomic E-state index is -0.389. The molecular formula is C14H17N5O2. The Morgan fingerprint density at radius 3 is 2.52 bits per heavy atom. The normalized spacial score (nSPS) is 10.2. The van der Waals surface area contributed by atoms with Crippen molar-refractivity contribution in [1.82, 2.24) is 20.0 Å². The summed E-state index contributed by atoms with van der Waals surface area (Å²) in [5.74, 6) is -0.569. The summed E-state index contributed by atoms with van der Waals surface area (Å²) in [7, 11) is 3.26. The van der Waals surface area contributed by atoms with Crippen molar-refractivity contribution in [3.63, 3.8) is 0 Å². The van der Waals surface area contributed by atoms with Crippen molar-refractivity contribution in [1.29, 1.82) is 0 Å². The van der Waals surface area contributed by atoms with Gasteiger partial charge in [0.25, 0.3) is 5.91 Å². The average molecular weight is 287 g/mol. The number of carbonyl (C=O) groups excluding carboxylic acids is 2. The topological polar surface area (TPSA) is 93.2 Å². The van der Waals surface area contributed by atoms with Gasteiger partial charge in [-0.15, -0.1) is 0 Å². The Balaban J connectivity index is 2.04. The average Bonchev–Trinajstić information content (AvgIpc) is 2.94. The molecule has 7 nitrogen and oxygen atoms in total. The molecule has 2 rings (SSSR count). The molecule has 1 heterocycles. The first-order valence-electron chi connectivity index (χ1n) is 6.37. The predicted molar refractivity (Wildman–Crippen MR) is 79.0 cm³/mol. The lowest BCUT2D eigenvalue weighted by Crippen LogP contribution is -2.36. The highest BCUT2D eigenvalue weighted by Crippen LogP contribution is 2.10. The van der Waals surface area contributed by atoms with E-state index in [4.69, 9.17) is 5.73 Å². The van der Waals surface area contributed by atoms with Crippen LogP contribution in [0.3, 0.4) is 0 Å². The minimum absolute atomic E-state index is 0.0550. The molecule has 0 atom stereocenters. The molecular weight excluding hydrogens is 270 g/mol. The van der Waals surface area contributed by atoms with Crippen LogP contribution in [0, 0.1) is 0 Å². The third kappa shape index (κ3) is 3.59. The molecule has 1 aromatic heterocycles. The summed E-state index contributed by atoms with van der Waals surface area (Å²) in [6.45, 7) is -0.0550. The summed E-state index contributed by atoms with van der Waals surface area (Å²) in [5.41, 5.74) is 7.33. The second-order valence-corrected chi connectivity index (χ2v) is 4.71. The highest BCUT2D eigenvalue weighted by Gasteiger charge is 2.12. The third-order valence-electron chi connectivity index (χ3n) is 2.88. The van der Waals surface area contributed by atoms with E-state index in [0.717, 1.165) is 5.69 Å². The van der Waals surface area contributed by atoms with Gasteiger partial charge in [-0.05, 0) is 30.3 Å². The van der Waals surface area contributed by atoms with Gasteiger partial charge in [0, 0.05) is 26.0 Å². The highest BCUT2D eigenvalue weighted by atomic mass is 16.2. The molecule has 0 saturated heterocycles. The van der Waals surface area contributed by atoms with Gasteiger partial charge in [-0.3, -0.25) is 9.59 Å². The van der Waals surface area contributed by atoms with Crippen molar-refractivity contribution in [2.75, 3.05) is 26.4 Å². The zero-order chi connectivity index (χ0) is 15.4. The van der Waals surface area contributed by atoms with Crippen LogP contribution in [0.5, 0.6) is 0 Å². The zero-order valence-corrected chi connectivity index (χ0v) is 11.9. The number of hydrogen-bond donors (Lipinski definition) is 2. The van der Waals surface area contributed by atoms with Gasteiger partial charge in [0.1, 0.15) is 0 Å². The second-order valence-electron chi connectivity index (χ2n) is 4.71. The third-order valence-corrected chi connectivity index (χ3v) is 2.88. The fourth-order valence-electron chi connectivity index (χ4n) is 1.62. The van der Waals surface area contributed by atoms with Crippen LogP contribution >= 0.6 is 0 Å². The maximum Gasteiger partial charge on any atom is 0.272 e. The molecule has 2 amide bonds. The molecule has 0 radical (unpaired) electrons. The molecule has 0 fully saturated rings. The quantitative estimate of drug-likeness (QED) is 0.789. The first-order chi connectivity index (χ1) is 9.97. The largest absolute Gasteiger partial charge is 0.399 e. The first-order valence-corrected chi connectivity index (χ1v) is 6.37. The monoisotopic (exact) mass is 287 g/mol. The number of anilines is 1. The van der Waals surface area contributed by atoms with Crippen molar-refractivity contribution in [3.8, 4) is 5.69 Å². The van der Waals surface area contributed by atoms with E-state index in [2.05, 4.69) is 10.4 Å². The van der Waals surface area contributed by atoms with Gasteiger partial charge < -0.3 is 16.0 Å². The van der Waals surface area contributed by atoms with E-state index in [1.54, 1.807) is 55.3 Å². The maximum absolute atomic E-state index is 11.9. The minimum Gasteiger partial charge on any atom is -0.399 e. The van der Waals surface area contributed by atoms with Crippen molar-refractivity contribution < 1.29 is 9.59 Å². The van der Waals surface area contributed by atoms with Crippen LogP contribution in [-0.4, -0.2) is 47.1 Å². The number of nitrogen functional groups attached to an aromatic ring is 1. The van der Waals surface area contributed by atoms with Crippen LogP contribution in [0.1, 0.15) is 10.5 Å². The van der Waals surface area contributed by atoms with Gasteiger partial charge in [0.05, 0.1) is 12.2 Å². The molecule has 0 bridgehead atoms. The summed E-state index contributed by atoms with van der Waals surface area (Å²) in [6, 6.07) is 8.71. The summed E-state index contributed by atoms with van der Waals surface area (Å²) in [5, 5.41) is 6.70. The molecule has 0 aliphatic rings. The molecule has 0 saturated carbocycles. The van der Waals surface area contributed by atoms with Crippen molar-refractivity contribution in [2.45, 2.75) is 0 Å². The van der Waals surface area contributed by atoms with Crippen LogP contribution in [0.15, 0.2) is 36.5 Å². The molecule has 0 aliphatic heterocycles. The lowest BCUT2D eigenvalue weighted by atomic mass is 10.3. The van der Waals surface area contributed by atoms with Crippen LogP contribution in [-0.2, 0) is 4.79 Å². The molecule has 3 N–H and O–H groups in total. The van der Waals surface area contributed by atoms with E-state index in [1.165, 1.54) is 4.90 Å². The second kappa shape index (κ2) is 6.08. The lowest BCUT2D eigenvalue weighted by Gasteiger charge is -2.10. The number of carbonyl (C=O) groups is 2. The van der Waals surface area contributed by atoms with Crippen LogP contribution in [0.4, 0.5) is 5.69 Å². The van der Waals surface area contributed by atoms with Gasteiger partial charge >= 0.3 is 0 Å². The Morgan fingerprint density at radius 1 is 1.24 bits per heavy atom. The van der Waals surface area contributed by atoms with Crippen molar-refractivity contribution >= 4 is 17.5 Å². The van der Waals surface area contributed by atoms with Crippen molar-refractivity contribution in [2.24, 2.45) is 0 Å². The van der Waals surface area contributed by atoms with E-state index < -0.39 is 0 Å². The highest BCUT2D eigenvalue weighted by molar-refractivity contribution is 5.94. The summed E-state index contributed by atoms with van der Waals surface area (Å²) >= 11 is 0. The molecule has 1 aromatic carbocycles.